The van der Waals surface area contributed by atoms with Gasteiger partial charge in [-0.15, -0.1) is 0 Å². The fraction of sp³-hybridized carbons (Fsp3) is 0.538. The molecule has 0 unspecified atom stereocenters. The first-order valence-electron chi connectivity index (χ1n) is 6.04. The third-order valence-electron chi connectivity index (χ3n) is 2.76. The van der Waals surface area contributed by atoms with Gasteiger partial charge in [0.2, 0.25) is 5.91 Å². The molecule has 0 aliphatic heterocycles. The van der Waals surface area contributed by atoms with Gasteiger partial charge in [0.1, 0.15) is 0 Å². The lowest BCUT2D eigenvalue weighted by Gasteiger charge is -2.21. The molecule has 1 aromatic rings. The summed E-state index contributed by atoms with van der Waals surface area (Å²) in [6, 6.07) is 5.42. The van der Waals surface area contributed by atoms with E-state index in [1.165, 1.54) is 0 Å². The highest BCUT2D eigenvalue weighted by Gasteiger charge is 2.17. The van der Waals surface area contributed by atoms with Crippen LogP contribution < -0.4 is 5.73 Å². The van der Waals surface area contributed by atoms with Gasteiger partial charge in [-0.05, 0) is 30.6 Å². The highest BCUT2D eigenvalue weighted by Crippen LogP contribution is 2.03. The second-order valence-electron chi connectivity index (χ2n) is 4.22. The van der Waals surface area contributed by atoms with Crippen LogP contribution in [0.3, 0.4) is 0 Å². The molecule has 0 fully saturated rings. The lowest BCUT2D eigenvalue weighted by Crippen LogP contribution is -2.42. The second kappa shape index (κ2) is 8.11. The van der Waals surface area contributed by atoms with Crippen molar-refractivity contribution in [3.05, 3.63) is 30.1 Å². The van der Waals surface area contributed by atoms with Gasteiger partial charge in [-0.3, -0.25) is 9.78 Å². The molecule has 100 valence electrons. The van der Waals surface area contributed by atoms with Crippen LogP contribution in [0.5, 0.6) is 0 Å². The zero-order valence-corrected chi connectivity index (χ0v) is 11.8. The zero-order chi connectivity index (χ0) is 13.4. The zero-order valence-electron chi connectivity index (χ0n) is 11.0. The summed E-state index contributed by atoms with van der Waals surface area (Å²) in [5.74, 6) is 0.932. The van der Waals surface area contributed by atoms with Crippen molar-refractivity contribution in [1.82, 2.24) is 9.88 Å². The summed E-state index contributed by atoms with van der Waals surface area (Å²) in [7, 11) is 1.80. The van der Waals surface area contributed by atoms with E-state index in [0.717, 1.165) is 24.3 Å². The number of carbonyl (C=O) groups is 1. The Hall–Kier alpha value is -1.07. The maximum atomic E-state index is 11.9. The van der Waals surface area contributed by atoms with Crippen molar-refractivity contribution in [3.63, 3.8) is 0 Å². The maximum Gasteiger partial charge on any atom is 0.239 e. The van der Waals surface area contributed by atoms with E-state index in [-0.39, 0.29) is 11.9 Å². The largest absolute Gasteiger partial charge is 0.344 e. The van der Waals surface area contributed by atoms with Crippen LogP contribution in [-0.4, -0.2) is 47.4 Å². The molecule has 1 aromatic heterocycles. The standard InChI is InChI=1S/C13H21N3OS/c1-16(13(17)12(14)7-10-18-2)9-6-11-5-3-4-8-15-11/h3-5,8,12H,6-7,9-10,14H2,1-2H3/t12-/m1/s1. The number of thioether (sulfide) groups is 1. The fourth-order valence-electron chi connectivity index (χ4n) is 1.59. The van der Waals surface area contributed by atoms with Crippen molar-refractivity contribution >= 4 is 17.7 Å². The molecule has 2 N–H and O–H groups in total. The van der Waals surface area contributed by atoms with Gasteiger partial charge in [-0.25, -0.2) is 0 Å². The first kappa shape index (κ1) is 15.0. The molecule has 4 nitrogen and oxygen atoms in total. The van der Waals surface area contributed by atoms with E-state index in [1.54, 1.807) is 29.9 Å². The Labute approximate surface area is 113 Å². The van der Waals surface area contributed by atoms with Gasteiger partial charge < -0.3 is 10.6 Å². The third-order valence-corrected chi connectivity index (χ3v) is 3.40. The smallest absolute Gasteiger partial charge is 0.239 e. The highest BCUT2D eigenvalue weighted by molar-refractivity contribution is 7.98. The second-order valence-corrected chi connectivity index (χ2v) is 5.20. The van der Waals surface area contributed by atoms with Crippen molar-refractivity contribution < 1.29 is 4.79 Å². The number of nitrogens with zero attached hydrogens (tertiary/aromatic N) is 2. The minimum absolute atomic E-state index is 0.0139. The van der Waals surface area contributed by atoms with Crippen LogP contribution in [0.2, 0.25) is 0 Å². The van der Waals surface area contributed by atoms with Crippen LogP contribution in [0.4, 0.5) is 0 Å². The summed E-state index contributed by atoms with van der Waals surface area (Å²) in [6.07, 6.45) is 5.27. The number of carbonyl (C=O) groups excluding carboxylic acids is 1. The molecule has 0 spiro atoms. The van der Waals surface area contributed by atoms with Crippen molar-refractivity contribution in [3.8, 4) is 0 Å². The number of hydrogen-bond acceptors (Lipinski definition) is 4. The van der Waals surface area contributed by atoms with Crippen molar-refractivity contribution in [2.24, 2.45) is 5.73 Å². The van der Waals surface area contributed by atoms with E-state index < -0.39 is 0 Å². The molecule has 5 heteroatoms. The Bertz CT molecular complexity index is 359. The monoisotopic (exact) mass is 267 g/mol. The molecule has 1 heterocycles. The summed E-state index contributed by atoms with van der Waals surface area (Å²) in [4.78, 5) is 17.9. The van der Waals surface area contributed by atoms with Crippen molar-refractivity contribution in [2.75, 3.05) is 25.6 Å². The first-order valence-corrected chi connectivity index (χ1v) is 7.44. The topological polar surface area (TPSA) is 59.2 Å². The molecule has 0 bridgehead atoms. The first-order chi connectivity index (χ1) is 8.65. The fourth-order valence-corrected chi connectivity index (χ4v) is 2.08. The Morgan fingerprint density at radius 3 is 2.94 bits per heavy atom. The lowest BCUT2D eigenvalue weighted by atomic mass is 10.2. The average molecular weight is 267 g/mol. The maximum absolute atomic E-state index is 11.9. The number of aromatic nitrogens is 1. The number of hydrogen-bond donors (Lipinski definition) is 1. The van der Waals surface area contributed by atoms with E-state index in [4.69, 9.17) is 5.73 Å². The summed E-state index contributed by atoms with van der Waals surface area (Å²) in [6.45, 7) is 0.656. The van der Waals surface area contributed by atoms with Gasteiger partial charge in [-0.2, -0.15) is 11.8 Å². The minimum Gasteiger partial charge on any atom is -0.344 e. The van der Waals surface area contributed by atoms with Gasteiger partial charge in [0.05, 0.1) is 6.04 Å². The van der Waals surface area contributed by atoms with Gasteiger partial charge in [0.15, 0.2) is 0 Å². The molecule has 1 rings (SSSR count). The Balaban J connectivity index is 2.35. The van der Waals surface area contributed by atoms with Gasteiger partial charge in [0.25, 0.3) is 0 Å². The van der Waals surface area contributed by atoms with Crippen molar-refractivity contribution in [2.45, 2.75) is 18.9 Å². The predicted molar refractivity (Wildman–Crippen MR) is 76.6 cm³/mol. The Kier molecular flexibility index (Phi) is 6.75. The van der Waals surface area contributed by atoms with Crippen LogP contribution >= 0.6 is 11.8 Å². The van der Waals surface area contributed by atoms with Crippen LogP contribution in [0.15, 0.2) is 24.4 Å². The SMILES string of the molecule is CSCC[C@@H](N)C(=O)N(C)CCc1ccccn1. The van der Waals surface area contributed by atoms with E-state index in [2.05, 4.69) is 4.98 Å². The molecular formula is C13H21N3OS. The molecule has 0 saturated carbocycles. The number of rotatable bonds is 7. The normalized spacial score (nSPS) is 12.2. The van der Waals surface area contributed by atoms with Gasteiger partial charge in [0, 0.05) is 31.9 Å². The molecule has 1 atom stereocenters. The number of likely N-dealkylation sites (N-methyl/N-ethyl adjacent to an activating group) is 1. The van der Waals surface area contributed by atoms with E-state index in [9.17, 15) is 4.79 Å². The third kappa shape index (κ3) is 5.06. The van der Waals surface area contributed by atoms with Crippen molar-refractivity contribution in [1.29, 1.82) is 0 Å². The Morgan fingerprint density at radius 2 is 2.33 bits per heavy atom. The van der Waals surface area contributed by atoms with Crippen LogP contribution in [0, 0.1) is 0 Å². The summed E-state index contributed by atoms with van der Waals surface area (Å²) in [5.41, 5.74) is 6.85. The average Bonchev–Trinajstić information content (AvgIpc) is 2.42. The van der Waals surface area contributed by atoms with Crippen LogP contribution in [-0.2, 0) is 11.2 Å². The molecule has 0 aliphatic rings. The molecule has 0 saturated heterocycles. The number of pyridine rings is 1. The predicted octanol–water partition coefficient (Wildman–Crippen LogP) is 1.16. The Morgan fingerprint density at radius 1 is 1.56 bits per heavy atom. The number of amides is 1. The van der Waals surface area contributed by atoms with E-state index >= 15 is 0 Å². The molecule has 0 radical (unpaired) electrons. The number of nitrogens with two attached hydrogens (primary N) is 1. The van der Waals surface area contributed by atoms with E-state index in [0.29, 0.717) is 6.54 Å². The summed E-state index contributed by atoms with van der Waals surface area (Å²) < 4.78 is 0. The summed E-state index contributed by atoms with van der Waals surface area (Å²) >= 11 is 1.71. The highest BCUT2D eigenvalue weighted by atomic mass is 32.2. The molecule has 18 heavy (non-hydrogen) atoms. The molecular weight excluding hydrogens is 246 g/mol. The molecule has 0 aromatic carbocycles. The molecule has 0 aliphatic carbocycles. The summed E-state index contributed by atoms with van der Waals surface area (Å²) in [5, 5.41) is 0. The van der Waals surface area contributed by atoms with Gasteiger partial charge in [-0.1, -0.05) is 6.07 Å². The lowest BCUT2D eigenvalue weighted by molar-refractivity contribution is -0.131. The minimum atomic E-state index is -0.383. The van der Waals surface area contributed by atoms with E-state index in [1.807, 2.05) is 24.5 Å². The van der Waals surface area contributed by atoms with Crippen LogP contribution in [0.25, 0.3) is 0 Å². The molecule has 1 amide bonds. The van der Waals surface area contributed by atoms with Crippen LogP contribution in [0.1, 0.15) is 12.1 Å². The van der Waals surface area contributed by atoms with Gasteiger partial charge >= 0.3 is 0 Å². The quantitative estimate of drug-likeness (QED) is 0.805.